The van der Waals surface area contributed by atoms with E-state index in [0.29, 0.717) is 32.4 Å². The molecule has 0 N–H and O–H groups in total. The van der Waals surface area contributed by atoms with E-state index in [1.807, 2.05) is 35.2 Å². The quantitative estimate of drug-likeness (QED) is 0.754. The van der Waals surface area contributed by atoms with Gasteiger partial charge < -0.3 is 18.8 Å². The molecule has 4 rings (SSSR count). The lowest BCUT2D eigenvalue weighted by Gasteiger charge is -2.36. The van der Waals surface area contributed by atoms with Gasteiger partial charge in [0.05, 0.1) is 6.26 Å². The Labute approximate surface area is 158 Å². The Morgan fingerprint density at radius 3 is 2.52 bits per heavy atom. The van der Waals surface area contributed by atoms with E-state index in [1.54, 1.807) is 6.26 Å². The van der Waals surface area contributed by atoms with Gasteiger partial charge >= 0.3 is 6.16 Å². The van der Waals surface area contributed by atoms with Crippen LogP contribution in [-0.4, -0.2) is 42.3 Å². The van der Waals surface area contributed by atoms with E-state index < -0.39 is 11.8 Å². The molecule has 3 heterocycles. The fourth-order valence-corrected chi connectivity index (χ4v) is 3.87. The number of carbonyl (C=O) groups is 2. The van der Waals surface area contributed by atoms with E-state index in [2.05, 4.69) is 12.1 Å². The number of ether oxygens (including phenoxy) is 2. The van der Waals surface area contributed by atoms with Gasteiger partial charge in [0.15, 0.2) is 5.60 Å². The van der Waals surface area contributed by atoms with Gasteiger partial charge in [-0.25, -0.2) is 4.79 Å². The highest BCUT2D eigenvalue weighted by molar-refractivity contribution is 5.77. The SMILES string of the molecule is O=C1OCC2(CCN(C(=O)CC(Cc3ccccc3)c3ccco3)CC2)O1. The van der Waals surface area contributed by atoms with Crippen LogP contribution >= 0.6 is 0 Å². The van der Waals surface area contributed by atoms with Crippen LogP contribution in [0.2, 0.25) is 0 Å². The Bertz CT molecular complexity index is 778. The van der Waals surface area contributed by atoms with Gasteiger partial charge in [-0.2, -0.15) is 0 Å². The maximum absolute atomic E-state index is 12.9. The van der Waals surface area contributed by atoms with Crippen molar-refractivity contribution in [2.75, 3.05) is 19.7 Å². The zero-order valence-corrected chi connectivity index (χ0v) is 15.1. The lowest BCUT2D eigenvalue weighted by Crippen LogP contribution is -2.48. The van der Waals surface area contributed by atoms with E-state index in [4.69, 9.17) is 13.9 Å². The van der Waals surface area contributed by atoms with Crippen LogP contribution in [0.1, 0.15) is 36.5 Å². The van der Waals surface area contributed by atoms with Crippen molar-refractivity contribution in [1.29, 1.82) is 0 Å². The van der Waals surface area contributed by atoms with E-state index in [1.165, 1.54) is 5.56 Å². The summed E-state index contributed by atoms with van der Waals surface area (Å²) in [5.74, 6) is 0.935. The first-order valence-corrected chi connectivity index (χ1v) is 9.34. The van der Waals surface area contributed by atoms with Gasteiger partial charge in [-0.3, -0.25) is 4.79 Å². The molecule has 1 spiro atoms. The number of nitrogens with zero attached hydrogens (tertiary/aromatic N) is 1. The summed E-state index contributed by atoms with van der Waals surface area (Å²) < 4.78 is 15.9. The predicted octanol–water partition coefficient (Wildman–Crippen LogP) is 3.52. The number of hydrogen-bond donors (Lipinski definition) is 0. The van der Waals surface area contributed by atoms with Gasteiger partial charge in [0, 0.05) is 38.3 Å². The summed E-state index contributed by atoms with van der Waals surface area (Å²) >= 11 is 0. The Morgan fingerprint density at radius 1 is 1.11 bits per heavy atom. The number of piperidine rings is 1. The molecule has 1 amide bonds. The van der Waals surface area contributed by atoms with Crippen LogP contribution in [0.25, 0.3) is 0 Å². The summed E-state index contributed by atoms with van der Waals surface area (Å²) in [5.41, 5.74) is 0.637. The minimum atomic E-state index is -0.601. The molecular formula is C21H23NO5. The molecule has 0 aliphatic carbocycles. The molecule has 1 atom stereocenters. The normalized spacial score (nSPS) is 19.6. The first-order valence-electron chi connectivity index (χ1n) is 9.34. The molecule has 2 aliphatic rings. The molecule has 6 heteroatoms. The highest BCUT2D eigenvalue weighted by Gasteiger charge is 2.45. The Balaban J connectivity index is 1.39. The van der Waals surface area contributed by atoms with E-state index >= 15 is 0 Å². The number of carbonyl (C=O) groups excluding carboxylic acids is 2. The van der Waals surface area contributed by atoms with Gasteiger partial charge in [-0.1, -0.05) is 30.3 Å². The molecular weight excluding hydrogens is 346 g/mol. The average Bonchev–Trinajstić information content (AvgIpc) is 3.33. The lowest BCUT2D eigenvalue weighted by atomic mass is 9.90. The third-order valence-corrected chi connectivity index (χ3v) is 5.47. The van der Waals surface area contributed by atoms with Crippen molar-refractivity contribution >= 4 is 12.1 Å². The van der Waals surface area contributed by atoms with Crippen LogP contribution in [0, 0.1) is 0 Å². The smallest absolute Gasteiger partial charge is 0.469 e. The minimum absolute atomic E-state index is 0.00146. The second-order valence-corrected chi connectivity index (χ2v) is 7.31. The molecule has 6 nitrogen and oxygen atoms in total. The number of furan rings is 1. The largest absolute Gasteiger partial charge is 0.509 e. The molecule has 142 valence electrons. The van der Waals surface area contributed by atoms with Crippen molar-refractivity contribution in [1.82, 2.24) is 4.90 Å². The van der Waals surface area contributed by atoms with Gasteiger partial charge in [0.1, 0.15) is 12.4 Å². The minimum Gasteiger partial charge on any atom is -0.469 e. The van der Waals surface area contributed by atoms with Crippen molar-refractivity contribution in [3.63, 3.8) is 0 Å². The van der Waals surface area contributed by atoms with Crippen molar-refractivity contribution < 1.29 is 23.5 Å². The van der Waals surface area contributed by atoms with E-state index in [-0.39, 0.29) is 18.4 Å². The number of amides is 1. The fraction of sp³-hybridized carbons (Fsp3) is 0.429. The van der Waals surface area contributed by atoms with Crippen molar-refractivity contribution in [2.45, 2.75) is 37.2 Å². The molecule has 1 aromatic carbocycles. The third kappa shape index (κ3) is 3.99. The maximum Gasteiger partial charge on any atom is 0.509 e. The predicted molar refractivity (Wildman–Crippen MR) is 97.2 cm³/mol. The second kappa shape index (κ2) is 7.47. The van der Waals surface area contributed by atoms with E-state index in [9.17, 15) is 9.59 Å². The van der Waals surface area contributed by atoms with Crippen LogP contribution in [0.3, 0.4) is 0 Å². The maximum atomic E-state index is 12.9. The van der Waals surface area contributed by atoms with Crippen LogP contribution in [0.5, 0.6) is 0 Å². The number of cyclic esters (lactones) is 1. The number of rotatable bonds is 5. The summed E-state index contributed by atoms with van der Waals surface area (Å²) in [6, 6.07) is 13.9. The number of hydrogen-bond acceptors (Lipinski definition) is 5. The summed E-state index contributed by atoms with van der Waals surface area (Å²) in [6.07, 6.45) is 3.44. The molecule has 2 aromatic rings. The lowest BCUT2D eigenvalue weighted by molar-refractivity contribution is -0.135. The zero-order chi connectivity index (χ0) is 18.7. The zero-order valence-electron chi connectivity index (χ0n) is 15.1. The van der Waals surface area contributed by atoms with Crippen LogP contribution in [-0.2, 0) is 20.7 Å². The first kappa shape index (κ1) is 17.6. The standard InChI is InChI=1S/C21H23NO5/c23-19(22-10-8-21(9-11-22)15-26-20(24)27-21)14-17(18-7-4-12-25-18)13-16-5-2-1-3-6-16/h1-7,12,17H,8-11,13-15H2. The highest BCUT2D eigenvalue weighted by atomic mass is 16.8. The highest BCUT2D eigenvalue weighted by Crippen LogP contribution is 2.33. The van der Waals surface area contributed by atoms with Crippen molar-refractivity contribution in [2.24, 2.45) is 0 Å². The number of likely N-dealkylation sites (tertiary alicyclic amines) is 1. The van der Waals surface area contributed by atoms with Gasteiger partial charge in [-0.15, -0.1) is 0 Å². The van der Waals surface area contributed by atoms with Crippen LogP contribution in [0.15, 0.2) is 53.1 Å². The first-order chi connectivity index (χ1) is 13.1. The topological polar surface area (TPSA) is 69.0 Å². The van der Waals surface area contributed by atoms with E-state index in [0.717, 1.165) is 12.2 Å². The summed E-state index contributed by atoms with van der Waals surface area (Å²) in [5, 5.41) is 0. The summed E-state index contributed by atoms with van der Waals surface area (Å²) in [6.45, 7) is 1.44. The summed E-state index contributed by atoms with van der Waals surface area (Å²) in [4.78, 5) is 26.0. The summed E-state index contributed by atoms with van der Waals surface area (Å²) in [7, 11) is 0. The molecule has 2 aliphatic heterocycles. The second-order valence-electron chi connectivity index (χ2n) is 7.31. The van der Waals surface area contributed by atoms with Gasteiger partial charge in [0.2, 0.25) is 5.91 Å². The Kier molecular flexibility index (Phi) is 4.88. The molecule has 0 bridgehead atoms. The van der Waals surface area contributed by atoms with Gasteiger partial charge in [-0.05, 0) is 24.1 Å². The monoisotopic (exact) mass is 369 g/mol. The van der Waals surface area contributed by atoms with Crippen molar-refractivity contribution in [3.05, 3.63) is 60.1 Å². The molecule has 1 unspecified atom stereocenters. The van der Waals surface area contributed by atoms with Crippen molar-refractivity contribution in [3.8, 4) is 0 Å². The van der Waals surface area contributed by atoms with Gasteiger partial charge in [0.25, 0.3) is 0 Å². The molecule has 2 saturated heterocycles. The molecule has 27 heavy (non-hydrogen) atoms. The Morgan fingerprint density at radius 2 is 1.89 bits per heavy atom. The molecule has 1 aromatic heterocycles. The van der Waals surface area contributed by atoms with Crippen LogP contribution < -0.4 is 0 Å². The molecule has 2 fully saturated rings. The average molecular weight is 369 g/mol. The number of benzene rings is 1. The Hall–Kier alpha value is -2.76. The molecule has 0 radical (unpaired) electrons. The third-order valence-electron chi connectivity index (χ3n) is 5.47. The van der Waals surface area contributed by atoms with Crippen LogP contribution in [0.4, 0.5) is 4.79 Å². The fourth-order valence-electron chi connectivity index (χ4n) is 3.87. The molecule has 0 saturated carbocycles.